The second-order valence-corrected chi connectivity index (χ2v) is 2.01. The second kappa shape index (κ2) is 6.11. The van der Waals surface area contributed by atoms with Gasteiger partial charge < -0.3 is 9.90 Å². The molecule has 0 aliphatic carbocycles. The molecule has 0 aromatic rings. The van der Waals surface area contributed by atoms with Gasteiger partial charge in [0, 0.05) is 5.97 Å². The third-order valence-electron chi connectivity index (χ3n) is 1.12. The van der Waals surface area contributed by atoms with Crippen LogP contribution in [0.5, 0.6) is 0 Å². The van der Waals surface area contributed by atoms with E-state index in [0.29, 0.717) is 0 Å². The molecule has 1 atom stereocenters. The zero-order valence-electron chi connectivity index (χ0n) is 5.61. The summed E-state index contributed by atoms with van der Waals surface area (Å²) in [5.41, 5.74) is 0. The van der Waals surface area contributed by atoms with Gasteiger partial charge in [-0.25, -0.2) is 0 Å². The summed E-state index contributed by atoms with van der Waals surface area (Å²) in [6, 6.07) is 0. The first-order valence-electron chi connectivity index (χ1n) is 2.89. The van der Waals surface area contributed by atoms with Crippen LogP contribution in [0.1, 0.15) is 26.7 Å². The average Bonchev–Trinajstić information content (AvgIpc) is 1.67. The van der Waals surface area contributed by atoms with Crippen molar-refractivity contribution in [1.82, 2.24) is 0 Å². The van der Waals surface area contributed by atoms with Gasteiger partial charge in [-0.3, -0.25) is 0 Å². The van der Waals surface area contributed by atoms with Crippen molar-refractivity contribution in [2.24, 2.45) is 5.92 Å². The first kappa shape index (κ1) is 11.7. The molecule has 0 heterocycles. The number of rotatable bonds is 3. The van der Waals surface area contributed by atoms with Crippen LogP contribution in [0.15, 0.2) is 0 Å². The van der Waals surface area contributed by atoms with Gasteiger partial charge in [0.15, 0.2) is 0 Å². The minimum atomic E-state index is -0.938. The fraction of sp³-hybridized carbons (Fsp3) is 0.833. The summed E-state index contributed by atoms with van der Waals surface area (Å²) < 4.78 is 0. The molecular weight excluding hydrogens is 168 g/mol. The third-order valence-corrected chi connectivity index (χ3v) is 1.12. The summed E-state index contributed by atoms with van der Waals surface area (Å²) in [6.45, 7) is 3.62. The van der Waals surface area contributed by atoms with E-state index >= 15 is 0 Å². The fourth-order valence-corrected chi connectivity index (χ4v) is 0.551. The van der Waals surface area contributed by atoms with Crippen LogP contribution in [-0.4, -0.2) is 5.97 Å². The van der Waals surface area contributed by atoms with Gasteiger partial charge >= 0.3 is 17.1 Å². The van der Waals surface area contributed by atoms with Gasteiger partial charge in [0.05, 0.1) is 0 Å². The largest absolute Gasteiger partial charge is 1.00 e. The van der Waals surface area contributed by atoms with Crippen LogP contribution in [0, 0.1) is 5.92 Å². The monoisotopic (exact) mass is 178 g/mol. The zero-order valence-corrected chi connectivity index (χ0v) is 6.55. The van der Waals surface area contributed by atoms with Crippen molar-refractivity contribution in [2.45, 2.75) is 26.7 Å². The van der Waals surface area contributed by atoms with Gasteiger partial charge in [0.2, 0.25) is 0 Å². The molecule has 0 radical (unpaired) electrons. The Labute approximate surface area is 66.1 Å². The standard InChI is InChI=1S/C6H12O2.Cu/c1-3-4-5(2)6(7)8;/h5H,3-4H2,1-2H3,(H,7,8);/q;+1/p-1. The van der Waals surface area contributed by atoms with Gasteiger partial charge in [-0.15, -0.1) is 0 Å². The number of hydrogen-bond donors (Lipinski definition) is 0. The second-order valence-electron chi connectivity index (χ2n) is 2.01. The van der Waals surface area contributed by atoms with E-state index in [-0.39, 0.29) is 23.0 Å². The number of aliphatic carboxylic acids is 1. The Bertz CT molecular complexity index is 83.1. The van der Waals surface area contributed by atoms with Crippen molar-refractivity contribution in [1.29, 1.82) is 0 Å². The SMILES string of the molecule is CCCC(C)C(=O)[O-].[Cu+]. The van der Waals surface area contributed by atoms with E-state index in [1.54, 1.807) is 6.92 Å². The van der Waals surface area contributed by atoms with Gasteiger partial charge in [-0.05, 0) is 12.3 Å². The van der Waals surface area contributed by atoms with E-state index in [2.05, 4.69) is 0 Å². The summed E-state index contributed by atoms with van der Waals surface area (Å²) in [5.74, 6) is -1.22. The quantitative estimate of drug-likeness (QED) is 0.579. The van der Waals surface area contributed by atoms with Crippen LogP contribution in [0.3, 0.4) is 0 Å². The predicted octanol–water partition coefficient (Wildman–Crippen LogP) is 0.170. The van der Waals surface area contributed by atoms with E-state index in [1.165, 1.54) is 0 Å². The Morgan fingerprint density at radius 1 is 1.67 bits per heavy atom. The molecule has 0 aromatic heterocycles. The maximum Gasteiger partial charge on any atom is 1.00 e. The van der Waals surface area contributed by atoms with Crippen molar-refractivity contribution in [3.8, 4) is 0 Å². The van der Waals surface area contributed by atoms with E-state index < -0.39 is 5.97 Å². The molecule has 0 saturated carbocycles. The Morgan fingerprint density at radius 2 is 2.11 bits per heavy atom. The van der Waals surface area contributed by atoms with Crippen LogP contribution in [0.25, 0.3) is 0 Å². The number of carboxylic acid groups (broad SMARTS) is 1. The number of carbonyl (C=O) groups excluding carboxylic acids is 1. The van der Waals surface area contributed by atoms with Crippen molar-refractivity contribution < 1.29 is 27.0 Å². The third kappa shape index (κ3) is 5.87. The smallest absolute Gasteiger partial charge is 0.550 e. The van der Waals surface area contributed by atoms with E-state index in [0.717, 1.165) is 12.8 Å². The molecular formula is C6H11CuO2. The topological polar surface area (TPSA) is 40.1 Å². The number of carboxylic acids is 1. The number of carbonyl (C=O) groups is 1. The van der Waals surface area contributed by atoms with Gasteiger partial charge in [-0.2, -0.15) is 0 Å². The van der Waals surface area contributed by atoms with Crippen LogP contribution >= 0.6 is 0 Å². The molecule has 3 heteroatoms. The molecule has 0 rings (SSSR count). The Kier molecular flexibility index (Phi) is 7.98. The molecule has 0 aliphatic rings. The molecule has 1 unspecified atom stereocenters. The molecule has 0 aromatic carbocycles. The molecule has 0 bridgehead atoms. The summed E-state index contributed by atoms with van der Waals surface area (Å²) in [4.78, 5) is 9.98. The minimum absolute atomic E-state index is 0. The molecule has 0 amide bonds. The fourth-order valence-electron chi connectivity index (χ4n) is 0.551. The van der Waals surface area contributed by atoms with Crippen molar-refractivity contribution >= 4 is 5.97 Å². The molecule has 2 nitrogen and oxygen atoms in total. The predicted molar refractivity (Wildman–Crippen MR) is 29.1 cm³/mol. The van der Waals surface area contributed by atoms with Crippen molar-refractivity contribution in [2.75, 3.05) is 0 Å². The van der Waals surface area contributed by atoms with Crippen molar-refractivity contribution in [3.63, 3.8) is 0 Å². The van der Waals surface area contributed by atoms with Gasteiger partial charge in [-0.1, -0.05) is 20.3 Å². The molecule has 9 heavy (non-hydrogen) atoms. The molecule has 58 valence electrons. The average molecular weight is 179 g/mol. The van der Waals surface area contributed by atoms with Crippen LogP contribution < -0.4 is 5.11 Å². The maximum absolute atomic E-state index is 9.98. The summed E-state index contributed by atoms with van der Waals surface area (Å²) in [6.07, 6.45) is 1.64. The van der Waals surface area contributed by atoms with Crippen molar-refractivity contribution in [3.05, 3.63) is 0 Å². The molecule has 0 aliphatic heterocycles. The Morgan fingerprint density at radius 3 is 2.22 bits per heavy atom. The van der Waals surface area contributed by atoms with E-state index in [1.807, 2.05) is 6.92 Å². The molecule has 0 N–H and O–H groups in total. The normalized spacial score (nSPS) is 11.8. The summed E-state index contributed by atoms with van der Waals surface area (Å²) in [7, 11) is 0. The van der Waals surface area contributed by atoms with Crippen LogP contribution in [-0.2, 0) is 21.9 Å². The van der Waals surface area contributed by atoms with Crippen LogP contribution in [0.4, 0.5) is 0 Å². The van der Waals surface area contributed by atoms with E-state index in [4.69, 9.17) is 0 Å². The van der Waals surface area contributed by atoms with Gasteiger partial charge in [0.25, 0.3) is 0 Å². The summed E-state index contributed by atoms with van der Waals surface area (Å²) >= 11 is 0. The Hall–Kier alpha value is -0.0105. The molecule has 0 saturated heterocycles. The molecule has 0 fully saturated rings. The first-order valence-corrected chi connectivity index (χ1v) is 2.89. The van der Waals surface area contributed by atoms with Crippen LogP contribution in [0.2, 0.25) is 0 Å². The van der Waals surface area contributed by atoms with E-state index in [9.17, 15) is 9.90 Å². The minimum Gasteiger partial charge on any atom is -0.550 e. The zero-order chi connectivity index (χ0) is 6.57. The molecule has 0 spiro atoms. The Balaban J connectivity index is 0. The maximum atomic E-state index is 9.98. The first-order chi connectivity index (χ1) is 3.68. The summed E-state index contributed by atoms with van der Waals surface area (Å²) in [5, 5.41) is 9.98. The number of hydrogen-bond acceptors (Lipinski definition) is 2. The van der Waals surface area contributed by atoms with Gasteiger partial charge in [0.1, 0.15) is 0 Å².